The first kappa shape index (κ1) is 13.5. The molecule has 2 N–H and O–H groups in total. The maximum Gasteiger partial charge on any atom is 0.256 e. The Morgan fingerprint density at radius 3 is 3.05 bits per heavy atom. The van der Waals surface area contributed by atoms with E-state index in [0.29, 0.717) is 16.3 Å². The lowest BCUT2D eigenvalue weighted by molar-refractivity contribution is -0.113. The molecule has 0 spiro atoms. The molecule has 2 heterocycles. The molecule has 0 fully saturated rings. The number of ether oxygens (including phenoxy) is 1. The first-order chi connectivity index (χ1) is 10.1. The number of rotatable bonds is 2. The lowest BCUT2D eigenvalue weighted by Crippen LogP contribution is -2.21. The van der Waals surface area contributed by atoms with Crippen molar-refractivity contribution < 1.29 is 14.6 Å². The second-order valence-electron chi connectivity index (χ2n) is 4.47. The number of hydrogen-bond acceptors (Lipinski definition) is 4. The molecule has 6 heteroatoms. The molecular weight excluding hydrogens is 292 g/mol. The van der Waals surface area contributed by atoms with E-state index in [2.05, 4.69) is 10.3 Å². The number of fused-ring (bicyclic) bond motifs is 1. The Balaban J connectivity index is 1.84. The number of carbonyl (C=O) groups is 1. The van der Waals surface area contributed by atoms with E-state index in [4.69, 9.17) is 16.3 Å². The molecule has 1 aliphatic heterocycles. The van der Waals surface area contributed by atoms with Crippen LogP contribution in [0.2, 0.25) is 5.02 Å². The Labute approximate surface area is 125 Å². The number of benzene rings is 1. The zero-order chi connectivity index (χ0) is 14.8. The Hall–Kier alpha value is -2.53. The number of nitrogens with one attached hydrogen (secondary N) is 1. The largest absolute Gasteiger partial charge is 0.504 e. The van der Waals surface area contributed by atoms with Gasteiger partial charge >= 0.3 is 0 Å². The molecule has 0 saturated carbocycles. The third kappa shape index (κ3) is 2.83. The van der Waals surface area contributed by atoms with Crippen LogP contribution in [0, 0.1) is 0 Å². The first-order valence-corrected chi connectivity index (χ1v) is 6.59. The van der Waals surface area contributed by atoms with Crippen LogP contribution in [0.3, 0.4) is 0 Å². The molecule has 0 saturated heterocycles. The van der Waals surface area contributed by atoms with Crippen molar-refractivity contribution in [3.8, 4) is 11.5 Å². The van der Waals surface area contributed by atoms with Crippen molar-refractivity contribution in [2.75, 3.05) is 11.9 Å². The number of anilines is 1. The number of hydrogen-bond donors (Lipinski definition) is 2. The monoisotopic (exact) mass is 302 g/mol. The number of aromatic hydroxyl groups is 1. The van der Waals surface area contributed by atoms with Gasteiger partial charge in [0.25, 0.3) is 5.91 Å². The minimum atomic E-state index is -0.380. The highest BCUT2D eigenvalue weighted by Gasteiger charge is 2.18. The van der Waals surface area contributed by atoms with Gasteiger partial charge in [0.05, 0.1) is 5.57 Å². The van der Waals surface area contributed by atoms with Crippen molar-refractivity contribution in [1.29, 1.82) is 0 Å². The van der Waals surface area contributed by atoms with Crippen LogP contribution in [0.4, 0.5) is 5.82 Å². The van der Waals surface area contributed by atoms with Gasteiger partial charge in [-0.3, -0.25) is 4.79 Å². The molecule has 0 unspecified atom stereocenters. The summed E-state index contributed by atoms with van der Waals surface area (Å²) in [6.07, 6.45) is 3.19. The van der Waals surface area contributed by atoms with Crippen LogP contribution in [0.5, 0.6) is 11.5 Å². The highest BCUT2D eigenvalue weighted by atomic mass is 35.5. The summed E-state index contributed by atoms with van der Waals surface area (Å²) in [4.78, 5) is 16.1. The zero-order valence-electron chi connectivity index (χ0n) is 10.8. The van der Waals surface area contributed by atoms with Gasteiger partial charge in [0.1, 0.15) is 12.4 Å². The predicted molar refractivity (Wildman–Crippen MR) is 79.5 cm³/mol. The fourth-order valence-corrected chi connectivity index (χ4v) is 2.14. The molecule has 0 aliphatic carbocycles. The molecule has 0 radical (unpaired) electrons. The summed E-state index contributed by atoms with van der Waals surface area (Å²) in [6, 6.07) is 8.23. The molecule has 1 amide bonds. The molecule has 1 aliphatic rings. The van der Waals surface area contributed by atoms with E-state index in [1.54, 1.807) is 30.3 Å². The summed E-state index contributed by atoms with van der Waals surface area (Å²) in [5.74, 6) is 0.318. The molecule has 106 valence electrons. The van der Waals surface area contributed by atoms with Crippen LogP contribution >= 0.6 is 11.6 Å². The molecule has 21 heavy (non-hydrogen) atoms. The Morgan fingerprint density at radius 1 is 1.38 bits per heavy atom. The number of amides is 1. The van der Waals surface area contributed by atoms with Gasteiger partial charge in [-0.1, -0.05) is 11.6 Å². The molecule has 5 nitrogen and oxygen atoms in total. The number of nitrogens with zero attached hydrogens (tertiary/aromatic N) is 1. The number of aromatic nitrogens is 1. The van der Waals surface area contributed by atoms with Crippen LogP contribution in [0.15, 0.2) is 42.1 Å². The number of halogens is 1. The van der Waals surface area contributed by atoms with Crippen LogP contribution < -0.4 is 10.1 Å². The summed E-state index contributed by atoms with van der Waals surface area (Å²) in [7, 11) is 0. The molecule has 2 aromatic rings. The summed E-state index contributed by atoms with van der Waals surface area (Å²) >= 11 is 5.93. The van der Waals surface area contributed by atoms with Gasteiger partial charge in [0.2, 0.25) is 0 Å². The van der Waals surface area contributed by atoms with Crippen molar-refractivity contribution in [1.82, 2.24) is 4.98 Å². The molecule has 3 rings (SSSR count). The summed E-state index contributed by atoms with van der Waals surface area (Å²) < 4.78 is 5.51. The van der Waals surface area contributed by atoms with E-state index in [1.165, 1.54) is 12.3 Å². The Morgan fingerprint density at radius 2 is 2.24 bits per heavy atom. The van der Waals surface area contributed by atoms with Gasteiger partial charge in [-0.2, -0.15) is 0 Å². The van der Waals surface area contributed by atoms with E-state index >= 15 is 0 Å². The predicted octanol–water partition coefficient (Wildman–Crippen LogP) is 2.86. The lowest BCUT2D eigenvalue weighted by atomic mass is 10.1. The normalized spacial score (nSPS) is 12.9. The van der Waals surface area contributed by atoms with Crippen molar-refractivity contribution >= 4 is 29.4 Å². The van der Waals surface area contributed by atoms with Gasteiger partial charge in [0, 0.05) is 16.8 Å². The lowest BCUT2D eigenvalue weighted by Gasteiger charge is -2.17. The Kier molecular flexibility index (Phi) is 3.50. The second-order valence-corrected chi connectivity index (χ2v) is 4.90. The quantitative estimate of drug-likeness (QED) is 0.895. The van der Waals surface area contributed by atoms with E-state index in [-0.39, 0.29) is 24.1 Å². The standard InChI is InChI=1S/C15H11ClN2O3/c16-11-3-4-13-9(7-11)6-10(8-21-13)15(20)18-14-12(19)2-1-5-17-14/h1-7,19H,8H2,(H,17,18,20). The molecule has 0 atom stereocenters. The minimum Gasteiger partial charge on any atom is -0.504 e. The number of pyridine rings is 1. The van der Waals surface area contributed by atoms with E-state index in [9.17, 15) is 9.90 Å². The van der Waals surface area contributed by atoms with Crippen molar-refractivity contribution in [2.45, 2.75) is 0 Å². The SMILES string of the molecule is O=C(Nc1ncccc1O)C1=Cc2cc(Cl)ccc2OC1. The van der Waals surface area contributed by atoms with Gasteiger partial charge in [0.15, 0.2) is 11.6 Å². The van der Waals surface area contributed by atoms with Crippen LogP contribution in [0.25, 0.3) is 6.08 Å². The van der Waals surface area contributed by atoms with Crippen LogP contribution in [-0.4, -0.2) is 22.6 Å². The minimum absolute atomic E-state index is 0.0911. The summed E-state index contributed by atoms with van der Waals surface area (Å²) in [5.41, 5.74) is 1.17. The molecule has 1 aromatic carbocycles. The van der Waals surface area contributed by atoms with Crippen molar-refractivity contribution in [2.24, 2.45) is 0 Å². The average molecular weight is 303 g/mol. The fourth-order valence-electron chi connectivity index (χ4n) is 1.96. The third-order valence-electron chi connectivity index (χ3n) is 2.99. The number of carbonyl (C=O) groups excluding carboxylic acids is 1. The third-order valence-corrected chi connectivity index (χ3v) is 3.23. The first-order valence-electron chi connectivity index (χ1n) is 6.22. The van der Waals surface area contributed by atoms with E-state index < -0.39 is 0 Å². The summed E-state index contributed by atoms with van der Waals surface area (Å²) in [6.45, 7) is 0.147. The smallest absolute Gasteiger partial charge is 0.256 e. The van der Waals surface area contributed by atoms with Crippen molar-refractivity contribution in [3.63, 3.8) is 0 Å². The van der Waals surface area contributed by atoms with Crippen molar-refractivity contribution in [3.05, 3.63) is 52.7 Å². The van der Waals surface area contributed by atoms with E-state index in [0.717, 1.165) is 5.56 Å². The molecule has 1 aromatic heterocycles. The van der Waals surface area contributed by atoms with Gasteiger partial charge in [-0.05, 0) is 36.4 Å². The van der Waals surface area contributed by atoms with Gasteiger partial charge < -0.3 is 15.2 Å². The van der Waals surface area contributed by atoms with Crippen LogP contribution in [0.1, 0.15) is 5.56 Å². The Bertz CT molecular complexity index is 743. The van der Waals surface area contributed by atoms with Gasteiger partial charge in [-0.15, -0.1) is 0 Å². The topological polar surface area (TPSA) is 71.5 Å². The fraction of sp³-hybridized carbons (Fsp3) is 0.0667. The summed E-state index contributed by atoms with van der Waals surface area (Å²) in [5, 5.41) is 12.7. The molecule has 0 bridgehead atoms. The maximum absolute atomic E-state index is 12.2. The second kappa shape index (κ2) is 5.46. The average Bonchev–Trinajstić information content (AvgIpc) is 2.48. The molecular formula is C15H11ClN2O3. The zero-order valence-corrected chi connectivity index (χ0v) is 11.6. The van der Waals surface area contributed by atoms with Gasteiger partial charge in [-0.25, -0.2) is 4.98 Å². The maximum atomic E-state index is 12.2. The van der Waals surface area contributed by atoms with Crippen LogP contribution in [-0.2, 0) is 4.79 Å². The highest BCUT2D eigenvalue weighted by molar-refractivity contribution is 6.30. The van der Waals surface area contributed by atoms with E-state index in [1.807, 2.05) is 0 Å². The highest BCUT2D eigenvalue weighted by Crippen LogP contribution is 2.29.